The second-order valence-electron chi connectivity index (χ2n) is 5.69. The maximum absolute atomic E-state index is 5.40. The van der Waals surface area contributed by atoms with Crippen molar-refractivity contribution in [1.29, 1.82) is 0 Å². The minimum Gasteiger partial charge on any atom is -0.497 e. The van der Waals surface area contributed by atoms with Crippen molar-refractivity contribution >= 4 is 5.96 Å². The standard InChI is InChI=1S/C19H28N4O2/c1-5-17-16(18(6-2)25-23-17)13-22-19(20-3)21-11-10-14-8-7-9-15(12-14)24-4/h7-9,12H,5-6,10-11,13H2,1-4H3,(H2,20,21,22). The number of methoxy groups -OCH3 is 1. The van der Waals surface area contributed by atoms with E-state index >= 15 is 0 Å². The summed E-state index contributed by atoms with van der Waals surface area (Å²) in [5, 5.41) is 10.8. The molecule has 1 aromatic carbocycles. The second-order valence-corrected chi connectivity index (χ2v) is 5.69. The van der Waals surface area contributed by atoms with Crippen LogP contribution in [0.5, 0.6) is 5.75 Å². The summed E-state index contributed by atoms with van der Waals surface area (Å²) in [6.45, 7) is 5.61. The molecular weight excluding hydrogens is 316 g/mol. The highest BCUT2D eigenvalue weighted by atomic mass is 16.5. The van der Waals surface area contributed by atoms with Crippen LogP contribution in [0, 0.1) is 0 Å². The lowest BCUT2D eigenvalue weighted by molar-refractivity contribution is 0.380. The molecule has 0 amide bonds. The molecule has 6 nitrogen and oxygen atoms in total. The molecule has 2 rings (SSSR count). The van der Waals surface area contributed by atoms with Crippen molar-refractivity contribution in [3.63, 3.8) is 0 Å². The molecule has 1 heterocycles. The minimum absolute atomic E-state index is 0.661. The first-order chi connectivity index (χ1) is 12.2. The highest BCUT2D eigenvalue weighted by Gasteiger charge is 2.13. The number of guanidine groups is 1. The van der Waals surface area contributed by atoms with Gasteiger partial charge in [0.2, 0.25) is 0 Å². The molecular formula is C19H28N4O2. The van der Waals surface area contributed by atoms with Crippen LogP contribution in [-0.4, -0.2) is 31.8 Å². The molecule has 0 radical (unpaired) electrons. The van der Waals surface area contributed by atoms with Crippen molar-refractivity contribution in [3.8, 4) is 5.75 Å². The number of aromatic nitrogens is 1. The molecule has 136 valence electrons. The van der Waals surface area contributed by atoms with Gasteiger partial charge >= 0.3 is 0 Å². The molecule has 0 aliphatic heterocycles. The molecule has 0 spiro atoms. The maximum atomic E-state index is 5.40. The van der Waals surface area contributed by atoms with Crippen molar-refractivity contribution in [2.24, 2.45) is 4.99 Å². The van der Waals surface area contributed by atoms with E-state index in [0.717, 1.165) is 54.5 Å². The van der Waals surface area contributed by atoms with Gasteiger partial charge in [-0.2, -0.15) is 0 Å². The van der Waals surface area contributed by atoms with Gasteiger partial charge in [0.15, 0.2) is 5.96 Å². The molecule has 1 aromatic heterocycles. The summed E-state index contributed by atoms with van der Waals surface area (Å²) >= 11 is 0. The zero-order valence-corrected chi connectivity index (χ0v) is 15.6. The summed E-state index contributed by atoms with van der Waals surface area (Å²) in [6.07, 6.45) is 2.60. The van der Waals surface area contributed by atoms with Crippen molar-refractivity contribution < 1.29 is 9.26 Å². The Morgan fingerprint density at radius 1 is 1.24 bits per heavy atom. The summed E-state index contributed by atoms with van der Waals surface area (Å²) < 4.78 is 10.7. The van der Waals surface area contributed by atoms with Crippen LogP contribution in [0.4, 0.5) is 0 Å². The lowest BCUT2D eigenvalue weighted by Gasteiger charge is -2.12. The van der Waals surface area contributed by atoms with Crippen LogP contribution in [-0.2, 0) is 25.8 Å². The summed E-state index contributed by atoms with van der Waals surface area (Å²) in [6, 6.07) is 8.10. The average molecular weight is 344 g/mol. The normalized spacial score (nSPS) is 11.4. The van der Waals surface area contributed by atoms with E-state index in [1.165, 1.54) is 5.56 Å². The number of ether oxygens (including phenoxy) is 1. The largest absolute Gasteiger partial charge is 0.497 e. The first-order valence-electron chi connectivity index (χ1n) is 8.75. The third-order valence-electron chi connectivity index (χ3n) is 4.10. The van der Waals surface area contributed by atoms with Crippen LogP contribution >= 0.6 is 0 Å². The zero-order chi connectivity index (χ0) is 18.1. The zero-order valence-electron chi connectivity index (χ0n) is 15.6. The maximum Gasteiger partial charge on any atom is 0.191 e. The Morgan fingerprint density at radius 3 is 2.76 bits per heavy atom. The fraction of sp³-hybridized carbons (Fsp3) is 0.474. The number of hydrogen-bond acceptors (Lipinski definition) is 4. The predicted molar refractivity (Wildman–Crippen MR) is 100 cm³/mol. The van der Waals surface area contributed by atoms with Crippen LogP contribution in [0.15, 0.2) is 33.8 Å². The third-order valence-corrected chi connectivity index (χ3v) is 4.10. The van der Waals surface area contributed by atoms with Gasteiger partial charge in [-0.3, -0.25) is 4.99 Å². The fourth-order valence-electron chi connectivity index (χ4n) is 2.68. The number of rotatable bonds is 8. The number of benzene rings is 1. The highest BCUT2D eigenvalue weighted by molar-refractivity contribution is 5.79. The Hall–Kier alpha value is -2.50. The molecule has 6 heteroatoms. The number of nitrogens with zero attached hydrogens (tertiary/aromatic N) is 2. The van der Waals surface area contributed by atoms with Crippen molar-refractivity contribution in [2.45, 2.75) is 39.7 Å². The fourth-order valence-corrected chi connectivity index (χ4v) is 2.68. The molecule has 0 saturated heterocycles. The number of hydrogen-bond donors (Lipinski definition) is 2. The SMILES string of the molecule is CCc1noc(CC)c1CNC(=NC)NCCc1cccc(OC)c1. The van der Waals surface area contributed by atoms with Crippen LogP contribution in [0.1, 0.15) is 36.4 Å². The molecule has 0 saturated carbocycles. The molecule has 0 unspecified atom stereocenters. The van der Waals surface area contributed by atoms with E-state index in [-0.39, 0.29) is 0 Å². The molecule has 0 atom stereocenters. The van der Waals surface area contributed by atoms with Crippen LogP contribution < -0.4 is 15.4 Å². The van der Waals surface area contributed by atoms with E-state index in [4.69, 9.17) is 9.26 Å². The molecule has 0 aliphatic carbocycles. The first-order valence-corrected chi connectivity index (χ1v) is 8.75. The molecule has 25 heavy (non-hydrogen) atoms. The van der Waals surface area contributed by atoms with E-state index in [1.807, 2.05) is 12.1 Å². The van der Waals surface area contributed by atoms with E-state index in [1.54, 1.807) is 14.2 Å². The Labute approximate surface area is 149 Å². The van der Waals surface area contributed by atoms with Gasteiger partial charge in [-0.05, 0) is 30.5 Å². The van der Waals surface area contributed by atoms with Crippen LogP contribution in [0.3, 0.4) is 0 Å². The van der Waals surface area contributed by atoms with E-state index in [9.17, 15) is 0 Å². The molecule has 2 aromatic rings. The van der Waals surface area contributed by atoms with Gasteiger partial charge < -0.3 is 19.9 Å². The minimum atomic E-state index is 0.661. The molecule has 0 aliphatic rings. The summed E-state index contributed by atoms with van der Waals surface area (Å²) in [4.78, 5) is 4.28. The first kappa shape index (κ1) is 18.8. The quantitative estimate of drug-likeness (QED) is 0.569. The second kappa shape index (κ2) is 9.71. The van der Waals surface area contributed by atoms with Gasteiger partial charge in [0.05, 0.1) is 12.8 Å². The molecule has 2 N–H and O–H groups in total. The third kappa shape index (κ3) is 5.24. The Morgan fingerprint density at radius 2 is 2.08 bits per heavy atom. The topological polar surface area (TPSA) is 71.7 Å². The molecule has 0 fully saturated rings. The predicted octanol–water partition coefficient (Wildman–Crippen LogP) is 2.72. The van der Waals surface area contributed by atoms with E-state index in [2.05, 4.69) is 46.8 Å². The van der Waals surface area contributed by atoms with Crippen molar-refractivity contribution in [2.75, 3.05) is 20.7 Å². The van der Waals surface area contributed by atoms with Crippen LogP contribution in [0.25, 0.3) is 0 Å². The van der Waals surface area contributed by atoms with E-state index in [0.29, 0.717) is 6.54 Å². The number of aliphatic imine (C=N–C) groups is 1. The van der Waals surface area contributed by atoms with Gasteiger partial charge in [0, 0.05) is 32.1 Å². The van der Waals surface area contributed by atoms with Crippen LogP contribution in [0.2, 0.25) is 0 Å². The van der Waals surface area contributed by atoms with Gasteiger partial charge in [0.1, 0.15) is 11.5 Å². The number of nitrogens with one attached hydrogen (secondary N) is 2. The number of aryl methyl sites for hydroxylation is 2. The monoisotopic (exact) mass is 344 g/mol. The lowest BCUT2D eigenvalue weighted by Crippen LogP contribution is -2.38. The summed E-state index contributed by atoms with van der Waals surface area (Å²) in [5.74, 6) is 2.59. The van der Waals surface area contributed by atoms with Gasteiger partial charge in [0.25, 0.3) is 0 Å². The van der Waals surface area contributed by atoms with Gasteiger partial charge in [-0.15, -0.1) is 0 Å². The smallest absolute Gasteiger partial charge is 0.191 e. The highest BCUT2D eigenvalue weighted by Crippen LogP contribution is 2.15. The Kier molecular flexibility index (Phi) is 7.32. The Bertz CT molecular complexity index is 673. The van der Waals surface area contributed by atoms with Gasteiger partial charge in [-0.1, -0.05) is 31.1 Å². The summed E-state index contributed by atoms with van der Waals surface area (Å²) in [5.41, 5.74) is 3.37. The van der Waals surface area contributed by atoms with Crippen molar-refractivity contribution in [3.05, 3.63) is 46.8 Å². The lowest BCUT2D eigenvalue weighted by atomic mass is 10.1. The molecule has 0 bridgehead atoms. The Balaban J connectivity index is 1.86. The van der Waals surface area contributed by atoms with Crippen molar-refractivity contribution in [1.82, 2.24) is 15.8 Å². The van der Waals surface area contributed by atoms with E-state index < -0.39 is 0 Å². The van der Waals surface area contributed by atoms with Gasteiger partial charge in [-0.25, -0.2) is 0 Å². The average Bonchev–Trinajstić information content (AvgIpc) is 3.06. The summed E-state index contributed by atoms with van der Waals surface area (Å²) in [7, 11) is 3.46.